The SMILES string of the molecule is C=CSCC(S)CSCC(S)CSC=C. The number of thiol groups is 2. The van der Waals surface area contributed by atoms with E-state index in [4.69, 9.17) is 0 Å². The second kappa shape index (κ2) is 11.7. The molecule has 5 heteroatoms. The number of thioether (sulfide) groups is 3. The van der Waals surface area contributed by atoms with E-state index in [2.05, 4.69) is 38.4 Å². The van der Waals surface area contributed by atoms with Gasteiger partial charge in [-0.2, -0.15) is 37.0 Å². The van der Waals surface area contributed by atoms with Crippen molar-refractivity contribution >= 4 is 60.5 Å². The van der Waals surface area contributed by atoms with Crippen LogP contribution in [-0.4, -0.2) is 33.5 Å². The third kappa shape index (κ3) is 11.5. The number of hydrogen-bond acceptors (Lipinski definition) is 5. The third-order valence-electron chi connectivity index (χ3n) is 1.43. The highest BCUT2D eigenvalue weighted by Crippen LogP contribution is 2.18. The summed E-state index contributed by atoms with van der Waals surface area (Å²) < 4.78 is 0. The predicted molar refractivity (Wildman–Crippen MR) is 88.2 cm³/mol. The van der Waals surface area contributed by atoms with Crippen LogP contribution in [0, 0.1) is 0 Å². The number of rotatable bonds is 10. The van der Waals surface area contributed by atoms with Gasteiger partial charge in [-0.05, 0) is 10.8 Å². The van der Waals surface area contributed by atoms with E-state index in [9.17, 15) is 0 Å². The normalized spacial score (nSPS) is 14.5. The van der Waals surface area contributed by atoms with Gasteiger partial charge in [-0.25, -0.2) is 0 Å². The topological polar surface area (TPSA) is 0 Å². The van der Waals surface area contributed by atoms with Crippen LogP contribution in [0.15, 0.2) is 24.0 Å². The zero-order valence-electron chi connectivity index (χ0n) is 8.67. The van der Waals surface area contributed by atoms with Gasteiger partial charge >= 0.3 is 0 Å². The van der Waals surface area contributed by atoms with Crippen LogP contribution in [0.1, 0.15) is 0 Å². The molecule has 0 nitrogen and oxygen atoms in total. The Balaban J connectivity index is 3.34. The van der Waals surface area contributed by atoms with E-state index in [1.165, 1.54) is 0 Å². The summed E-state index contributed by atoms with van der Waals surface area (Å²) >= 11 is 14.4. The molecule has 0 aromatic heterocycles. The lowest BCUT2D eigenvalue weighted by Crippen LogP contribution is -2.10. The van der Waals surface area contributed by atoms with Crippen molar-refractivity contribution < 1.29 is 0 Å². The predicted octanol–water partition coefficient (Wildman–Crippen LogP) is 4.07. The van der Waals surface area contributed by atoms with Gasteiger partial charge in [0.2, 0.25) is 0 Å². The molecular weight excluding hydrogens is 280 g/mol. The molecule has 0 fully saturated rings. The van der Waals surface area contributed by atoms with E-state index >= 15 is 0 Å². The Kier molecular flexibility index (Phi) is 12.7. The summed E-state index contributed by atoms with van der Waals surface area (Å²) in [7, 11) is 0. The lowest BCUT2D eigenvalue weighted by molar-refractivity contribution is 1.13. The molecule has 88 valence electrons. The second-order valence-electron chi connectivity index (χ2n) is 2.85. The first kappa shape index (κ1) is 16.2. The standard InChI is InChI=1S/C10H18S5/c1-3-13-5-9(11)7-15-8-10(12)6-14-4-2/h3-4,9-12H,1-2,5-8H2. The van der Waals surface area contributed by atoms with Crippen molar-refractivity contribution in [3.8, 4) is 0 Å². The summed E-state index contributed by atoms with van der Waals surface area (Å²) in [4.78, 5) is 0. The van der Waals surface area contributed by atoms with Crippen molar-refractivity contribution in [1.82, 2.24) is 0 Å². The summed E-state index contributed by atoms with van der Waals surface area (Å²) in [6.07, 6.45) is 0. The van der Waals surface area contributed by atoms with Gasteiger partial charge in [-0.3, -0.25) is 0 Å². The molecule has 0 N–H and O–H groups in total. The molecule has 0 rings (SSSR count). The van der Waals surface area contributed by atoms with Crippen LogP contribution >= 0.6 is 60.5 Å². The van der Waals surface area contributed by atoms with E-state index in [1.807, 2.05) is 22.6 Å². The quantitative estimate of drug-likeness (QED) is 0.584. The Morgan fingerprint density at radius 2 is 1.27 bits per heavy atom. The van der Waals surface area contributed by atoms with Crippen LogP contribution in [0.3, 0.4) is 0 Å². The van der Waals surface area contributed by atoms with E-state index in [0.29, 0.717) is 10.5 Å². The van der Waals surface area contributed by atoms with Gasteiger partial charge in [0, 0.05) is 33.5 Å². The minimum atomic E-state index is 0.450. The van der Waals surface area contributed by atoms with Crippen LogP contribution in [0.2, 0.25) is 0 Å². The summed E-state index contributed by atoms with van der Waals surface area (Å²) in [6.45, 7) is 7.35. The molecule has 0 saturated heterocycles. The van der Waals surface area contributed by atoms with Gasteiger partial charge in [-0.15, -0.1) is 23.5 Å². The lowest BCUT2D eigenvalue weighted by atomic mass is 10.5. The molecule has 2 atom stereocenters. The molecule has 0 bridgehead atoms. The molecular formula is C10H18S5. The van der Waals surface area contributed by atoms with E-state index in [-0.39, 0.29) is 0 Å². The largest absolute Gasteiger partial charge is 0.174 e. The highest BCUT2D eigenvalue weighted by Gasteiger charge is 2.06. The lowest BCUT2D eigenvalue weighted by Gasteiger charge is -2.11. The molecule has 0 aliphatic carbocycles. The zero-order valence-corrected chi connectivity index (χ0v) is 12.9. The Hall–Kier alpha value is 1.23. The second-order valence-corrected chi connectivity index (χ2v) is 7.38. The number of hydrogen-bond donors (Lipinski definition) is 2. The minimum Gasteiger partial charge on any atom is -0.174 e. The van der Waals surface area contributed by atoms with Gasteiger partial charge < -0.3 is 0 Å². The summed E-state index contributed by atoms with van der Waals surface area (Å²) in [5, 5.41) is 4.64. The van der Waals surface area contributed by atoms with E-state index < -0.39 is 0 Å². The molecule has 0 heterocycles. The minimum absolute atomic E-state index is 0.450. The molecule has 2 unspecified atom stereocenters. The Morgan fingerprint density at radius 1 is 0.867 bits per heavy atom. The fourth-order valence-corrected chi connectivity index (χ4v) is 4.11. The first-order valence-electron chi connectivity index (χ1n) is 4.59. The fraction of sp³-hybridized carbons (Fsp3) is 0.600. The monoisotopic (exact) mass is 298 g/mol. The van der Waals surface area contributed by atoms with Crippen molar-refractivity contribution in [2.75, 3.05) is 23.0 Å². The molecule has 0 aromatic carbocycles. The highest BCUT2D eigenvalue weighted by atomic mass is 32.2. The van der Waals surface area contributed by atoms with Crippen molar-refractivity contribution in [3.05, 3.63) is 24.0 Å². The van der Waals surface area contributed by atoms with Crippen LogP contribution in [0.25, 0.3) is 0 Å². The van der Waals surface area contributed by atoms with Gasteiger partial charge in [0.25, 0.3) is 0 Å². The van der Waals surface area contributed by atoms with Crippen molar-refractivity contribution in [1.29, 1.82) is 0 Å². The average molecular weight is 299 g/mol. The zero-order chi connectivity index (χ0) is 11.5. The van der Waals surface area contributed by atoms with E-state index in [1.54, 1.807) is 23.5 Å². The summed E-state index contributed by atoms with van der Waals surface area (Å²) in [5.74, 6) is 4.25. The Morgan fingerprint density at radius 3 is 1.60 bits per heavy atom. The first-order chi connectivity index (χ1) is 7.20. The van der Waals surface area contributed by atoms with Gasteiger partial charge in [-0.1, -0.05) is 13.2 Å². The fourth-order valence-electron chi connectivity index (χ4n) is 0.795. The molecule has 0 saturated carbocycles. The van der Waals surface area contributed by atoms with Gasteiger partial charge in [0.05, 0.1) is 0 Å². The molecule has 0 aliphatic heterocycles. The van der Waals surface area contributed by atoms with Crippen molar-refractivity contribution in [2.45, 2.75) is 10.5 Å². The maximum atomic E-state index is 4.50. The maximum absolute atomic E-state index is 4.50. The van der Waals surface area contributed by atoms with Gasteiger partial charge in [0.15, 0.2) is 0 Å². The first-order valence-corrected chi connectivity index (χ1v) is 8.88. The molecule has 0 radical (unpaired) electrons. The molecule has 0 aromatic rings. The van der Waals surface area contributed by atoms with Crippen molar-refractivity contribution in [3.63, 3.8) is 0 Å². The maximum Gasteiger partial charge on any atom is 0.0201 e. The Bertz CT molecular complexity index is 153. The molecule has 15 heavy (non-hydrogen) atoms. The smallest absolute Gasteiger partial charge is 0.0201 e. The summed E-state index contributed by atoms with van der Waals surface area (Å²) in [6, 6.07) is 0. The van der Waals surface area contributed by atoms with E-state index in [0.717, 1.165) is 23.0 Å². The average Bonchev–Trinajstić information content (AvgIpc) is 2.23. The molecule has 0 spiro atoms. The highest BCUT2D eigenvalue weighted by molar-refractivity contribution is 8.04. The Labute approximate surface area is 117 Å². The molecule has 0 amide bonds. The van der Waals surface area contributed by atoms with Crippen LogP contribution in [0.5, 0.6) is 0 Å². The summed E-state index contributed by atoms with van der Waals surface area (Å²) in [5.41, 5.74) is 0. The van der Waals surface area contributed by atoms with Gasteiger partial charge in [0.1, 0.15) is 0 Å². The van der Waals surface area contributed by atoms with Crippen molar-refractivity contribution in [2.24, 2.45) is 0 Å². The van der Waals surface area contributed by atoms with Crippen LogP contribution < -0.4 is 0 Å². The van der Waals surface area contributed by atoms with Crippen LogP contribution in [0.4, 0.5) is 0 Å². The van der Waals surface area contributed by atoms with Crippen LogP contribution in [-0.2, 0) is 0 Å². The third-order valence-corrected chi connectivity index (χ3v) is 6.09. The molecule has 0 aliphatic rings.